The minimum Gasteiger partial charge on any atom is -0.399 e. The number of nitrogens with zero attached hydrogens (tertiary/aromatic N) is 1. The zero-order valence-corrected chi connectivity index (χ0v) is 17.3. The quantitative estimate of drug-likeness (QED) is 0.653. The van der Waals surface area contributed by atoms with Crippen molar-refractivity contribution in [2.45, 2.75) is 11.3 Å². The number of rotatable bonds is 7. The number of anilines is 1. The SMILES string of the molecule is CN(C)C(=O)CS(=O)(=O)c1ccc(C(=O)NCCc2ccc(N)cc2)cc1.Cl. The van der Waals surface area contributed by atoms with Crippen LogP contribution in [0.1, 0.15) is 15.9 Å². The maximum atomic E-state index is 12.2. The molecule has 0 aliphatic carbocycles. The summed E-state index contributed by atoms with van der Waals surface area (Å²) in [5.41, 5.74) is 7.72. The Kier molecular flexibility index (Phi) is 8.46. The molecule has 2 rings (SSSR count). The van der Waals surface area contributed by atoms with Gasteiger partial charge in [-0.05, 0) is 48.4 Å². The number of benzene rings is 2. The standard InChI is InChI=1S/C19H23N3O4S.ClH/c1-22(2)18(23)13-27(25,26)17-9-5-15(6-10-17)19(24)21-12-11-14-3-7-16(20)8-4-14;/h3-10H,11-13,20H2,1-2H3,(H,21,24);1H. The van der Waals surface area contributed by atoms with E-state index in [2.05, 4.69) is 5.32 Å². The van der Waals surface area contributed by atoms with Gasteiger partial charge in [-0.1, -0.05) is 12.1 Å². The maximum absolute atomic E-state index is 12.2. The van der Waals surface area contributed by atoms with Gasteiger partial charge in [0.2, 0.25) is 5.91 Å². The molecule has 0 saturated heterocycles. The van der Waals surface area contributed by atoms with E-state index in [0.717, 1.165) is 5.56 Å². The number of nitrogens with two attached hydrogens (primary N) is 1. The van der Waals surface area contributed by atoms with E-state index in [1.165, 1.54) is 43.3 Å². The van der Waals surface area contributed by atoms with Gasteiger partial charge >= 0.3 is 0 Å². The average Bonchev–Trinajstić information content (AvgIpc) is 2.63. The Morgan fingerprint density at radius 2 is 1.57 bits per heavy atom. The van der Waals surface area contributed by atoms with Gasteiger partial charge in [-0.3, -0.25) is 9.59 Å². The molecule has 7 nitrogen and oxygen atoms in total. The molecule has 9 heteroatoms. The van der Waals surface area contributed by atoms with Gasteiger partial charge in [0.25, 0.3) is 5.91 Å². The van der Waals surface area contributed by atoms with E-state index in [-0.39, 0.29) is 23.2 Å². The summed E-state index contributed by atoms with van der Waals surface area (Å²) in [6.07, 6.45) is 0.658. The van der Waals surface area contributed by atoms with Crippen molar-refractivity contribution in [2.75, 3.05) is 32.1 Å². The van der Waals surface area contributed by atoms with Gasteiger partial charge < -0.3 is 16.0 Å². The molecule has 0 saturated carbocycles. The molecule has 0 aliphatic rings. The largest absolute Gasteiger partial charge is 0.399 e. The second-order valence-electron chi connectivity index (χ2n) is 6.32. The van der Waals surface area contributed by atoms with Crippen molar-refractivity contribution in [2.24, 2.45) is 0 Å². The van der Waals surface area contributed by atoms with Crippen molar-refractivity contribution in [3.8, 4) is 0 Å². The summed E-state index contributed by atoms with van der Waals surface area (Å²) < 4.78 is 24.4. The van der Waals surface area contributed by atoms with Crippen molar-refractivity contribution in [3.63, 3.8) is 0 Å². The highest BCUT2D eigenvalue weighted by molar-refractivity contribution is 7.92. The summed E-state index contributed by atoms with van der Waals surface area (Å²) in [6, 6.07) is 13.0. The van der Waals surface area contributed by atoms with Crippen LogP contribution in [0.3, 0.4) is 0 Å². The average molecular weight is 426 g/mol. The number of nitrogens with one attached hydrogen (secondary N) is 1. The number of nitrogen functional groups attached to an aromatic ring is 1. The van der Waals surface area contributed by atoms with Crippen LogP contribution in [0.2, 0.25) is 0 Å². The van der Waals surface area contributed by atoms with E-state index in [0.29, 0.717) is 24.2 Å². The van der Waals surface area contributed by atoms with Crippen molar-refractivity contribution in [3.05, 3.63) is 59.7 Å². The summed E-state index contributed by atoms with van der Waals surface area (Å²) in [7, 11) is -0.745. The number of hydrogen-bond acceptors (Lipinski definition) is 5. The highest BCUT2D eigenvalue weighted by Gasteiger charge is 2.20. The number of halogens is 1. The summed E-state index contributed by atoms with van der Waals surface area (Å²) in [6.45, 7) is 0.445. The van der Waals surface area contributed by atoms with Crippen LogP contribution in [-0.4, -0.2) is 51.5 Å². The lowest BCUT2D eigenvalue weighted by Gasteiger charge is -2.11. The molecule has 2 aromatic carbocycles. The number of amides is 2. The van der Waals surface area contributed by atoms with Crippen molar-refractivity contribution < 1.29 is 18.0 Å². The Balaban J connectivity index is 0.00000392. The van der Waals surface area contributed by atoms with Crippen molar-refractivity contribution in [1.82, 2.24) is 10.2 Å². The molecule has 3 N–H and O–H groups in total. The van der Waals surface area contributed by atoms with Gasteiger partial charge in [0, 0.05) is 31.9 Å². The van der Waals surface area contributed by atoms with Gasteiger partial charge in [-0.25, -0.2) is 8.42 Å². The van der Waals surface area contributed by atoms with Crippen LogP contribution >= 0.6 is 12.4 Å². The fourth-order valence-electron chi connectivity index (χ4n) is 2.30. The van der Waals surface area contributed by atoms with E-state index >= 15 is 0 Å². The predicted molar refractivity (Wildman–Crippen MR) is 111 cm³/mol. The van der Waals surface area contributed by atoms with Crippen LogP contribution in [0.4, 0.5) is 5.69 Å². The second kappa shape index (κ2) is 10.1. The van der Waals surface area contributed by atoms with Gasteiger partial charge in [0.1, 0.15) is 5.75 Å². The van der Waals surface area contributed by atoms with Gasteiger partial charge in [-0.15, -0.1) is 12.4 Å². The summed E-state index contributed by atoms with van der Waals surface area (Å²) in [5.74, 6) is -1.40. The zero-order chi connectivity index (χ0) is 20.0. The Morgan fingerprint density at radius 3 is 2.11 bits per heavy atom. The highest BCUT2D eigenvalue weighted by Crippen LogP contribution is 2.13. The Hall–Kier alpha value is -2.58. The summed E-state index contributed by atoms with van der Waals surface area (Å²) >= 11 is 0. The van der Waals surface area contributed by atoms with E-state index in [4.69, 9.17) is 5.73 Å². The highest BCUT2D eigenvalue weighted by atomic mass is 35.5. The molecule has 28 heavy (non-hydrogen) atoms. The molecular weight excluding hydrogens is 402 g/mol. The van der Waals surface area contributed by atoms with Crippen LogP contribution in [0.15, 0.2) is 53.4 Å². The van der Waals surface area contributed by atoms with Crippen LogP contribution in [0, 0.1) is 0 Å². The van der Waals surface area contributed by atoms with Crippen molar-refractivity contribution >= 4 is 39.7 Å². The summed E-state index contributed by atoms with van der Waals surface area (Å²) in [5, 5.41) is 2.79. The van der Waals surface area contributed by atoms with Crippen LogP contribution < -0.4 is 11.1 Å². The number of carbonyl (C=O) groups is 2. The molecule has 0 spiro atoms. The molecule has 0 radical (unpaired) electrons. The van der Waals surface area contributed by atoms with E-state index in [1.807, 2.05) is 12.1 Å². The number of sulfone groups is 1. The monoisotopic (exact) mass is 425 g/mol. The van der Waals surface area contributed by atoms with E-state index in [9.17, 15) is 18.0 Å². The van der Waals surface area contributed by atoms with E-state index in [1.54, 1.807) is 12.1 Å². The predicted octanol–water partition coefficient (Wildman–Crippen LogP) is 1.52. The lowest BCUT2D eigenvalue weighted by molar-refractivity contribution is -0.125. The first-order valence-electron chi connectivity index (χ1n) is 8.34. The minimum absolute atomic E-state index is 0. The third-order valence-corrected chi connectivity index (χ3v) is 5.58. The smallest absolute Gasteiger partial charge is 0.251 e. The van der Waals surface area contributed by atoms with Gasteiger partial charge in [-0.2, -0.15) is 0 Å². The van der Waals surface area contributed by atoms with Gasteiger partial charge in [0.05, 0.1) is 4.90 Å². The first-order chi connectivity index (χ1) is 12.7. The fourth-order valence-corrected chi connectivity index (χ4v) is 3.60. The summed E-state index contributed by atoms with van der Waals surface area (Å²) in [4.78, 5) is 25.0. The molecular formula is C19H24ClN3O4S. The molecule has 0 atom stereocenters. The normalized spacial score (nSPS) is 10.6. The van der Waals surface area contributed by atoms with Crippen LogP contribution in [0.25, 0.3) is 0 Å². The molecule has 0 bridgehead atoms. The molecule has 0 aliphatic heterocycles. The first-order valence-corrected chi connectivity index (χ1v) is 10.00. The number of hydrogen-bond donors (Lipinski definition) is 2. The Morgan fingerprint density at radius 1 is 1.00 bits per heavy atom. The second-order valence-corrected chi connectivity index (χ2v) is 8.31. The molecule has 0 fully saturated rings. The maximum Gasteiger partial charge on any atom is 0.251 e. The Labute approximate surface area is 171 Å². The molecule has 2 aromatic rings. The molecule has 0 unspecified atom stereocenters. The zero-order valence-electron chi connectivity index (χ0n) is 15.7. The van der Waals surface area contributed by atoms with Gasteiger partial charge in [0.15, 0.2) is 9.84 Å². The number of carbonyl (C=O) groups excluding carboxylic acids is 2. The Bertz CT molecular complexity index is 911. The van der Waals surface area contributed by atoms with Crippen molar-refractivity contribution in [1.29, 1.82) is 0 Å². The molecule has 0 aromatic heterocycles. The topological polar surface area (TPSA) is 110 Å². The lowest BCUT2D eigenvalue weighted by atomic mass is 10.1. The fraction of sp³-hybridized carbons (Fsp3) is 0.263. The lowest BCUT2D eigenvalue weighted by Crippen LogP contribution is -2.29. The molecule has 2 amide bonds. The third-order valence-electron chi connectivity index (χ3n) is 3.97. The van der Waals surface area contributed by atoms with Crippen LogP contribution in [-0.2, 0) is 21.1 Å². The third kappa shape index (κ3) is 6.54. The van der Waals surface area contributed by atoms with E-state index < -0.39 is 21.5 Å². The van der Waals surface area contributed by atoms with Crippen LogP contribution in [0.5, 0.6) is 0 Å². The molecule has 152 valence electrons. The first kappa shape index (κ1) is 23.5. The molecule has 0 heterocycles. The minimum atomic E-state index is -3.74.